The third kappa shape index (κ3) is 3.57. The summed E-state index contributed by atoms with van der Waals surface area (Å²) in [5.41, 5.74) is 1.37. The van der Waals surface area contributed by atoms with Crippen molar-refractivity contribution in [3.63, 3.8) is 0 Å². The zero-order valence-corrected chi connectivity index (χ0v) is 10.7. The summed E-state index contributed by atoms with van der Waals surface area (Å²) in [5, 5.41) is 7.63. The molecule has 0 atom stereocenters. The van der Waals surface area contributed by atoms with Gasteiger partial charge in [-0.1, -0.05) is 0 Å². The molecule has 4 nitrogen and oxygen atoms in total. The first kappa shape index (κ1) is 12.1. The first-order chi connectivity index (χ1) is 8.40. The monoisotopic (exact) mass is 251 g/mol. The maximum atomic E-state index is 5.06. The zero-order valence-electron chi connectivity index (χ0n) is 9.93. The molecule has 0 aliphatic carbocycles. The summed E-state index contributed by atoms with van der Waals surface area (Å²) in [4.78, 5) is 4.29. The van der Waals surface area contributed by atoms with Gasteiger partial charge >= 0.3 is 0 Å². The van der Waals surface area contributed by atoms with Crippen molar-refractivity contribution < 1.29 is 4.74 Å². The number of aromatic nitrogens is 2. The Morgan fingerprint density at radius 1 is 1.53 bits per heavy atom. The Balaban J connectivity index is 1.80. The molecule has 2 aromatic rings. The van der Waals surface area contributed by atoms with Crippen molar-refractivity contribution >= 4 is 17.3 Å². The van der Waals surface area contributed by atoms with Crippen molar-refractivity contribution in [1.29, 1.82) is 0 Å². The smallest absolute Gasteiger partial charge is 0.202 e. The van der Waals surface area contributed by atoms with Crippen LogP contribution < -0.4 is 5.32 Å². The van der Waals surface area contributed by atoms with Crippen LogP contribution in [-0.2, 0) is 17.7 Å². The van der Waals surface area contributed by atoms with E-state index in [1.54, 1.807) is 18.4 Å². The van der Waals surface area contributed by atoms with Crippen molar-refractivity contribution in [2.24, 2.45) is 0 Å². The minimum Gasteiger partial charge on any atom is -0.383 e. The Morgan fingerprint density at radius 2 is 2.47 bits per heavy atom. The molecule has 0 aliphatic heterocycles. The molecular formula is C12H17N3OS. The minimum atomic E-state index is 0.704. The Kier molecular flexibility index (Phi) is 4.58. The predicted molar refractivity (Wildman–Crippen MR) is 70.6 cm³/mol. The summed E-state index contributed by atoms with van der Waals surface area (Å²) in [5.74, 6) is 0.914. The second-order valence-electron chi connectivity index (χ2n) is 3.75. The van der Waals surface area contributed by atoms with E-state index in [1.807, 2.05) is 12.4 Å². The molecule has 1 N–H and O–H groups in total. The lowest BCUT2D eigenvalue weighted by Crippen LogP contribution is -2.12. The van der Waals surface area contributed by atoms with Gasteiger partial charge in [-0.3, -0.25) is 0 Å². The molecule has 0 fully saturated rings. The van der Waals surface area contributed by atoms with E-state index in [0.717, 1.165) is 25.5 Å². The summed E-state index contributed by atoms with van der Waals surface area (Å²) in [7, 11) is 1.71. The molecule has 2 heterocycles. The van der Waals surface area contributed by atoms with Crippen LogP contribution >= 0.6 is 11.3 Å². The number of rotatable bonds is 7. The maximum Gasteiger partial charge on any atom is 0.202 e. The fourth-order valence-corrected chi connectivity index (χ4v) is 2.30. The second kappa shape index (κ2) is 6.42. The first-order valence-corrected chi connectivity index (χ1v) is 6.59. The van der Waals surface area contributed by atoms with E-state index >= 15 is 0 Å². The van der Waals surface area contributed by atoms with Crippen LogP contribution in [0.1, 0.15) is 5.56 Å². The van der Waals surface area contributed by atoms with E-state index in [9.17, 15) is 0 Å². The highest BCUT2D eigenvalue weighted by molar-refractivity contribution is 7.07. The lowest BCUT2D eigenvalue weighted by atomic mass is 10.2. The van der Waals surface area contributed by atoms with Gasteiger partial charge in [0, 0.05) is 32.6 Å². The normalized spacial score (nSPS) is 10.6. The number of thiophene rings is 1. The second-order valence-corrected chi connectivity index (χ2v) is 4.53. The number of nitrogens with zero attached hydrogens (tertiary/aromatic N) is 2. The van der Waals surface area contributed by atoms with Gasteiger partial charge in [-0.2, -0.15) is 11.3 Å². The Hall–Kier alpha value is -1.33. The van der Waals surface area contributed by atoms with Crippen molar-refractivity contribution in [2.75, 3.05) is 25.6 Å². The van der Waals surface area contributed by atoms with Crippen LogP contribution in [0.15, 0.2) is 29.2 Å². The molecule has 2 aromatic heterocycles. The van der Waals surface area contributed by atoms with Crippen LogP contribution in [0.2, 0.25) is 0 Å². The molecule has 92 valence electrons. The Morgan fingerprint density at radius 3 is 3.24 bits per heavy atom. The molecule has 0 radical (unpaired) electrons. The average Bonchev–Trinajstić information content (AvgIpc) is 2.98. The van der Waals surface area contributed by atoms with Crippen molar-refractivity contribution in [2.45, 2.75) is 13.0 Å². The van der Waals surface area contributed by atoms with Crippen LogP contribution in [0.5, 0.6) is 0 Å². The highest BCUT2D eigenvalue weighted by Crippen LogP contribution is 2.08. The topological polar surface area (TPSA) is 39.1 Å². The number of hydrogen-bond acceptors (Lipinski definition) is 4. The molecule has 0 spiro atoms. The van der Waals surface area contributed by atoms with Gasteiger partial charge in [0.05, 0.1) is 6.61 Å². The molecule has 0 aromatic carbocycles. The molecule has 0 bridgehead atoms. The standard InChI is InChI=1S/C12H17N3OS/c1-16-8-7-15-6-5-14-12(15)13-4-2-11-3-9-17-10-11/h3,5-6,9-10H,2,4,7-8H2,1H3,(H,13,14). The van der Waals surface area contributed by atoms with Gasteiger partial charge in [-0.15, -0.1) is 0 Å². The summed E-state index contributed by atoms with van der Waals surface area (Å²) >= 11 is 1.74. The van der Waals surface area contributed by atoms with Crippen molar-refractivity contribution in [3.05, 3.63) is 34.8 Å². The van der Waals surface area contributed by atoms with Crippen LogP contribution in [0.25, 0.3) is 0 Å². The molecular weight excluding hydrogens is 234 g/mol. The summed E-state index contributed by atoms with van der Waals surface area (Å²) in [6.45, 7) is 2.44. The number of anilines is 1. The van der Waals surface area contributed by atoms with Crippen LogP contribution in [0.4, 0.5) is 5.95 Å². The fraction of sp³-hybridized carbons (Fsp3) is 0.417. The van der Waals surface area contributed by atoms with Crippen molar-refractivity contribution in [1.82, 2.24) is 9.55 Å². The number of methoxy groups -OCH3 is 1. The lowest BCUT2D eigenvalue weighted by molar-refractivity contribution is 0.187. The van der Waals surface area contributed by atoms with Crippen LogP contribution in [-0.4, -0.2) is 29.8 Å². The minimum absolute atomic E-state index is 0.704. The van der Waals surface area contributed by atoms with Gasteiger partial charge in [0.1, 0.15) is 0 Å². The first-order valence-electron chi connectivity index (χ1n) is 5.65. The van der Waals surface area contributed by atoms with E-state index in [1.165, 1.54) is 5.56 Å². The van der Waals surface area contributed by atoms with E-state index in [2.05, 4.69) is 31.7 Å². The molecule has 0 aliphatic rings. The van der Waals surface area contributed by atoms with E-state index in [4.69, 9.17) is 4.74 Å². The quantitative estimate of drug-likeness (QED) is 0.820. The van der Waals surface area contributed by atoms with Gasteiger partial charge < -0.3 is 14.6 Å². The maximum absolute atomic E-state index is 5.06. The Labute approximate surface area is 105 Å². The molecule has 0 saturated carbocycles. The molecule has 5 heteroatoms. The molecule has 0 amide bonds. The summed E-state index contributed by atoms with van der Waals surface area (Å²) < 4.78 is 7.13. The number of nitrogens with one attached hydrogen (secondary N) is 1. The van der Waals surface area contributed by atoms with Gasteiger partial charge in [-0.25, -0.2) is 4.98 Å². The highest BCUT2D eigenvalue weighted by Gasteiger charge is 2.01. The van der Waals surface area contributed by atoms with Gasteiger partial charge in [0.25, 0.3) is 0 Å². The predicted octanol–water partition coefficient (Wildman–Crippen LogP) is 2.25. The summed E-state index contributed by atoms with van der Waals surface area (Å²) in [6.07, 6.45) is 4.80. The van der Waals surface area contributed by atoms with Crippen LogP contribution in [0, 0.1) is 0 Å². The number of ether oxygens (including phenoxy) is 1. The lowest BCUT2D eigenvalue weighted by Gasteiger charge is -2.08. The zero-order chi connectivity index (χ0) is 11.9. The third-order valence-corrected chi connectivity index (χ3v) is 3.26. The highest BCUT2D eigenvalue weighted by atomic mass is 32.1. The van der Waals surface area contributed by atoms with E-state index in [0.29, 0.717) is 6.61 Å². The fourth-order valence-electron chi connectivity index (χ4n) is 1.60. The SMILES string of the molecule is COCCn1ccnc1NCCc1ccsc1. The third-order valence-electron chi connectivity index (χ3n) is 2.53. The number of imidazole rings is 1. The van der Waals surface area contributed by atoms with Gasteiger partial charge in [0.2, 0.25) is 5.95 Å². The molecule has 17 heavy (non-hydrogen) atoms. The number of hydrogen-bond donors (Lipinski definition) is 1. The summed E-state index contributed by atoms with van der Waals surface area (Å²) in [6, 6.07) is 2.16. The molecule has 0 saturated heterocycles. The van der Waals surface area contributed by atoms with E-state index < -0.39 is 0 Å². The van der Waals surface area contributed by atoms with Crippen molar-refractivity contribution in [3.8, 4) is 0 Å². The molecule has 0 unspecified atom stereocenters. The largest absolute Gasteiger partial charge is 0.383 e. The Bertz CT molecular complexity index is 425. The van der Waals surface area contributed by atoms with Crippen LogP contribution in [0.3, 0.4) is 0 Å². The van der Waals surface area contributed by atoms with Gasteiger partial charge in [-0.05, 0) is 28.8 Å². The van der Waals surface area contributed by atoms with Gasteiger partial charge in [0.15, 0.2) is 0 Å². The average molecular weight is 251 g/mol. The van der Waals surface area contributed by atoms with E-state index in [-0.39, 0.29) is 0 Å². The molecule has 2 rings (SSSR count).